The smallest absolute Gasteiger partial charge is 0.317 e. The Labute approximate surface area is 177 Å². The number of amides is 2. The molecule has 10 heteroatoms. The number of aromatic nitrogens is 2. The second-order valence-corrected chi connectivity index (χ2v) is 6.32. The van der Waals surface area contributed by atoms with E-state index in [0.29, 0.717) is 21.9 Å². The number of aromatic hydroxyl groups is 1. The quantitative estimate of drug-likeness (QED) is 0.298. The zero-order valence-electron chi connectivity index (χ0n) is 16.8. The minimum atomic E-state index is -0.641. The lowest BCUT2D eigenvalue weighted by Crippen LogP contribution is -2.39. The maximum Gasteiger partial charge on any atom is 0.317 e. The maximum absolute atomic E-state index is 12.5. The highest BCUT2D eigenvalue weighted by atomic mass is 16.5. The second-order valence-electron chi connectivity index (χ2n) is 6.32. The number of ether oxygens (including phenoxy) is 2. The normalized spacial score (nSPS) is 10.3. The van der Waals surface area contributed by atoms with Gasteiger partial charge >= 0.3 is 5.91 Å². The van der Waals surface area contributed by atoms with Gasteiger partial charge in [0.25, 0.3) is 11.6 Å². The summed E-state index contributed by atoms with van der Waals surface area (Å²) < 4.78 is 11.0. The second kappa shape index (κ2) is 9.44. The predicted molar refractivity (Wildman–Crippen MR) is 110 cm³/mol. The van der Waals surface area contributed by atoms with Gasteiger partial charge in [0.15, 0.2) is 6.20 Å². The topological polar surface area (TPSA) is 137 Å². The molecular weight excluding hydrogens is 404 g/mol. The summed E-state index contributed by atoms with van der Waals surface area (Å²) in [7, 11) is 2.94. The first-order valence-corrected chi connectivity index (χ1v) is 9.12. The Kier molecular flexibility index (Phi) is 6.51. The number of hydrogen-bond donors (Lipinski definition) is 3. The van der Waals surface area contributed by atoms with Crippen molar-refractivity contribution in [3.63, 3.8) is 0 Å². The lowest BCUT2D eigenvalue weighted by Gasteiger charge is -2.11. The molecule has 0 unspecified atom stereocenters. The highest BCUT2D eigenvalue weighted by Crippen LogP contribution is 2.29. The minimum Gasteiger partial charge on any atom is -0.618 e. The summed E-state index contributed by atoms with van der Waals surface area (Å²) in [4.78, 5) is 28.3. The molecule has 3 rings (SSSR count). The van der Waals surface area contributed by atoms with E-state index < -0.39 is 11.8 Å². The van der Waals surface area contributed by atoms with E-state index >= 15 is 0 Å². The number of carbonyl (C=O) groups excluding carboxylic acids is 2. The lowest BCUT2D eigenvalue weighted by molar-refractivity contribution is -0.607. The third-order valence-electron chi connectivity index (χ3n) is 4.27. The largest absolute Gasteiger partial charge is 0.618 e. The fraction of sp³-hybridized carbons (Fsp3) is 0.143. The Hall–Kier alpha value is -4.34. The van der Waals surface area contributed by atoms with Gasteiger partial charge in [0.1, 0.15) is 29.4 Å². The van der Waals surface area contributed by atoms with Crippen molar-refractivity contribution in [2.75, 3.05) is 19.5 Å². The molecule has 31 heavy (non-hydrogen) atoms. The van der Waals surface area contributed by atoms with Gasteiger partial charge in [0.2, 0.25) is 0 Å². The number of nitrogens with one attached hydrogen (secondary N) is 2. The van der Waals surface area contributed by atoms with E-state index in [1.54, 1.807) is 25.4 Å². The molecule has 1 aromatic carbocycles. The first kappa shape index (κ1) is 21.4. The SMILES string of the molecule is CNC(=O)c1ccc(C(=O)Nc2cc(OCc3ccc(OC)cn3)ccc2O)c[n+]1[O-]. The number of pyridine rings is 2. The number of phenols is 1. The monoisotopic (exact) mass is 424 g/mol. The average Bonchev–Trinajstić information content (AvgIpc) is 2.79. The van der Waals surface area contributed by atoms with Crippen molar-refractivity contribution in [1.29, 1.82) is 0 Å². The van der Waals surface area contributed by atoms with Crippen molar-refractivity contribution < 1.29 is 28.9 Å². The molecule has 160 valence electrons. The van der Waals surface area contributed by atoms with E-state index in [0.717, 1.165) is 6.20 Å². The van der Waals surface area contributed by atoms with Crippen LogP contribution >= 0.6 is 0 Å². The van der Waals surface area contributed by atoms with Crippen molar-refractivity contribution in [3.05, 3.63) is 77.0 Å². The molecule has 2 heterocycles. The van der Waals surface area contributed by atoms with Crippen molar-refractivity contribution in [3.8, 4) is 17.2 Å². The number of anilines is 1. The van der Waals surface area contributed by atoms with E-state index in [1.807, 2.05) is 0 Å². The molecule has 3 N–H and O–H groups in total. The summed E-state index contributed by atoms with van der Waals surface area (Å²) in [5.41, 5.74) is 0.619. The molecular formula is C21H20N4O6. The molecule has 0 bridgehead atoms. The van der Waals surface area contributed by atoms with E-state index in [2.05, 4.69) is 15.6 Å². The Morgan fingerprint density at radius 1 is 1.13 bits per heavy atom. The van der Waals surface area contributed by atoms with Gasteiger partial charge in [-0.05, 0) is 30.3 Å². The number of benzene rings is 1. The summed E-state index contributed by atoms with van der Waals surface area (Å²) in [5, 5.41) is 26.9. The summed E-state index contributed by atoms with van der Waals surface area (Å²) in [6.45, 7) is 0.166. The van der Waals surface area contributed by atoms with Crippen LogP contribution in [0.1, 0.15) is 26.5 Å². The van der Waals surface area contributed by atoms with Gasteiger partial charge in [-0.1, -0.05) is 0 Å². The Bertz CT molecular complexity index is 1100. The first-order valence-electron chi connectivity index (χ1n) is 9.12. The van der Waals surface area contributed by atoms with Gasteiger partial charge < -0.3 is 30.4 Å². The Morgan fingerprint density at radius 2 is 1.90 bits per heavy atom. The molecule has 0 saturated carbocycles. The molecule has 0 atom stereocenters. The average molecular weight is 424 g/mol. The number of rotatable bonds is 7. The van der Waals surface area contributed by atoms with Gasteiger partial charge in [0, 0.05) is 19.2 Å². The lowest BCUT2D eigenvalue weighted by atomic mass is 10.2. The van der Waals surface area contributed by atoms with Gasteiger partial charge in [-0.3, -0.25) is 14.6 Å². The molecule has 10 nitrogen and oxygen atoms in total. The molecule has 0 fully saturated rings. The van der Waals surface area contributed by atoms with Crippen molar-refractivity contribution in [2.45, 2.75) is 6.61 Å². The van der Waals surface area contributed by atoms with Crippen molar-refractivity contribution in [1.82, 2.24) is 10.3 Å². The van der Waals surface area contributed by atoms with E-state index in [-0.39, 0.29) is 29.3 Å². The minimum absolute atomic E-state index is 0.0100. The number of phenolic OH excluding ortho intramolecular Hbond substituents is 1. The van der Waals surface area contributed by atoms with Gasteiger partial charge in [-0.25, -0.2) is 0 Å². The zero-order chi connectivity index (χ0) is 22.4. The van der Waals surface area contributed by atoms with Crippen LogP contribution in [0.4, 0.5) is 5.69 Å². The van der Waals surface area contributed by atoms with Gasteiger partial charge in [-0.2, -0.15) is 4.73 Å². The zero-order valence-corrected chi connectivity index (χ0v) is 16.8. The van der Waals surface area contributed by atoms with E-state index in [4.69, 9.17) is 9.47 Å². The molecule has 2 aromatic heterocycles. The van der Waals surface area contributed by atoms with Crippen LogP contribution in [0.2, 0.25) is 0 Å². The van der Waals surface area contributed by atoms with Crippen LogP contribution in [-0.2, 0) is 6.61 Å². The fourth-order valence-electron chi connectivity index (χ4n) is 2.59. The molecule has 0 spiro atoms. The van der Waals surface area contributed by atoms with Crippen LogP contribution in [0, 0.1) is 5.21 Å². The number of hydrogen-bond acceptors (Lipinski definition) is 7. The van der Waals surface area contributed by atoms with Crippen LogP contribution in [0.15, 0.2) is 54.9 Å². The summed E-state index contributed by atoms with van der Waals surface area (Å²) in [6.07, 6.45) is 2.55. The summed E-state index contributed by atoms with van der Waals surface area (Å²) in [6, 6.07) is 10.4. The van der Waals surface area contributed by atoms with Gasteiger partial charge in [-0.15, -0.1) is 0 Å². The predicted octanol–water partition coefficient (Wildman–Crippen LogP) is 1.62. The first-order chi connectivity index (χ1) is 14.9. The molecule has 0 aliphatic heterocycles. The standard InChI is InChI=1S/C21H20N4O6/c1-22-21(28)18-7-3-13(11-25(18)29)20(27)24-17-9-15(6-8-19(17)26)31-12-14-4-5-16(30-2)10-23-14/h3-11,26H,12H2,1-2H3,(H,22,28)(H,24,27). The van der Waals surface area contributed by atoms with Gasteiger partial charge in [0.05, 0.1) is 24.7 Å². The van der Waals surface area contributed by atoms with Crippen molar-refractivity contribution >= 4 is 17.5 Å². The molecule has 0 aliphatic rings. The van der Waals surface area contributed by atoms with E-state index in [9.17, 15) is 19.9 Å². The molecule has 0 radical (unpaired) electrons. The van der Waals surface area contributed by atoms with Crippen molar-refractivity contribution in [2.24, 2.45) is 0 Å². The van der Waals surface area contributed by atoms with Crippen LogP contribution < -0.4 is 24.8 Å². The molecule has 0 saturated heterocycles. The number of nitrogens with zero attached hydrogens (tertiary/aromatic N) is 2. The fourth-order valence-corrected chi connectivity index (χ4v) is 2.59. The maximum atomic E-state index is 12.5. The van der Waals surface area contributed by atoms with Crippen LogP contribution in [0.3, 0.4) is 0 Å². The Morgan fingerprint density at radius 3 is 2.55 bits per heavy atom. The van der Waals surface area contributed by atoms with Crippen LogP contribution in [-0.4, -0.2) is 36.1 Å². The molecule has 2 amide bonds. The highest BCUT2D eigenvalue weighted by molar-refractivity contribution is 6.05. The Balaban J connectivity index is 1.70. The third kappa shape index (κ3) is 5.18. The summed E-state index contributed by atoms with van der Waals surface area (Å²) in [5.74, 6) is -0.380. The molecule has 0 aliphatic carbocycles. The number of methoxy groups -OCH3 is 1. The third-order valence-corrected chi connectivity index (χ3v) is 4.27. The number of carbonyl (C=O) groups is 2. The van der Waals surface area contributed by atoms with Crippen LogP contribution in [0.5, 0.6) is 17.2 Å². The summed E-state index contributed by atoms with van der Waals surface area (Å²) >= 11 is 0. The van der Waals surface area contributed by atoms with Crippen LogP contribution in [0.25, 0.3) is 0 Å². The highest BCUT2D eigenvalue weighted by Gasteiger charge is 2.18. The molecule has 3 aromatic rings. The van der Waals surface area contributed by atoms with E-state index in [1.165, 1.54) is 37.4 Å².